The molecule has 1 rings (SSSR count). The zero-order chi connectivity index (χ0) is 18.0. The van der Waals surface area contributed by atoms with Crippen molar-refractivity contribution in [2.75, 3.05) is 33.1 Å². The van der Waals surface area contributed by atoms with Gasteiger partial charge in [0.15, 0.2) is 17.5 Å². The molecule has 5 nitrogen and oxygen atoms in total. The summed E-state index contributed by atoms with van der Waals surface area (Å²) in [4.78, 5) is 4.66. The van der Waals surface area contributed by atoms with Crippen LogP contribution < -0.4 is 20.1 Å². The van der Waals surface area contributed by atoms with Crippen molar-refractivity contribution >= 4 is 41.7 Å². The highest BCUT2D eigenvalue weighted by Crippen LogP contribution is 2.28. The quantitative estimate of drug-likeness (QED) is 0.318. The number of hydrogen-bond acceptors (Lipinski definition) is 4. The third-order valence-corrected chi connectivity index (χ3v) is 4.78. The fraction of sp³-hybridized carbons (Fsp3) is 0.611. The van der Waals surface area contributed by atoms with Crippen molar-refractivity contribution in [1.29, 1.82) is 0 Å². The molecule has 2 N–H and O–H groups in total. The number of nitrogens with zero attached hydrogens (tertiary/aromatic N) is 1. The Morgan fingerprint density at radius 3 is 2.48 bits per heavy atom. The van der Waals surface area contributed by atoms with Crippen LogP contribution in [0.25, 0.3) is 0 Å². The highest BCUT2D eigenvalue weighted by atomic mass is 127. The maximum atomic E-state index is 5.55. The molecule has 0 bridgehead atoms. The van der Waals surface area contributed by atoms with E-state index in [2.05, 4.69) is 42.7 Å². The monoisotopic (exact) mass is 481 g/mol. The Kier molecular flexibility index (Phi) is 12.1. The van der Waals surface area contributed by atoms with Crippen molar-refractivity contribution in [2.45, 2.75) is 39.0 Å². The average Bonchev–Trinajstić information content (AvgIpc) is 2.58. The van der Waals surface area contributed by atoms with E-state index in [1.54, 1.807) is 7.11 Å². The largest absolute Gasteiger partial charge is 0.493 e. The van der Waals surface area contributed by atoms with Gasteiger partial charge in [0, 0.05) is 17.8 Å². The van der Waals surface area contributed by atoms with Gasteiger partial charge in [0.2, 0.25) is 0 Å². The lowest BCUT2D eigenvalue weighted by Gasteiger charge is -2.23. The molecular weight excluding hydrogens is 449 g/mol. The second-order valence-electron chi connectivity index (χ2n) is 5.93. The molecule has 0 aromatic heterocycles. The van der Waals surface area contributed by atoms with Crippen molar-refractivity contribution in [3.8, 4) is 11.5 Å². The summed E-state index contributed by atoms with van der Waals surface area (Å²) in [5.41, 5.74) is 1.08. The molecule has 0 radical (unpaired) electrons. The normalized spacial score (nSPS) is 11.5. The molecule has 0 fully saturated rings. The van der Waals surface area contributed by atoms with E-state index < -0.39 is 0 Å². The zero-order valence-corrected chi connectivity index (χ0v) is 19.3. The molecule has 1 aromatic rings. The van der Waals surface area contributed by atoms with Gasteiger partial charge in [-0.1, -0.05) is 6.07 Å². The summed E-state index contributed by atoms with van der Waals surface area (Å²) in [6, 6.07) is 5.93. The fourth-order valence-corrected chi connectivity index (χ4v) is 2.18. The average molecular weight is 481 g/mol. The first-order valence-electron chi connectivity index (χ1n) is 8.32. The van der Waals surface area contributed by atoms with Crippen LogP contribution in [0.3, 0.4) is 0 Å². The first-order valence-corrected chi connectivity index (χ1v) is 9.55. The van der Waals surface area contributed by atoms with Crippen LogP contribution in [0.4, 0.5) is 0 Å². The summed E-state index contributed by atoms with van der Waals surface area (Å²) in [5, 5.41) is 6.69. The molecule has 0 atom stereocenters. The fourth-order valence-electron chi connectivity index (χ4n) is 1.97. The first kappa shape index (κ1) is 24.2. The van der Waals surface area contributed by atoms with Gasteiger partial charge >= 0.3 is 0 Å². The predicted molar refractivity (Wildman–Crippen MR) is 120 cm³/mol. The van der Waals surface area contributed by atoms with Crippen molar-refractivity contribution in [1.82, 2.24) is 10.6 Å². The van der Waals surface area contributed by atoms with Crippen LogP contribution in [0.1, 0.15) is 33.3 Å². The minimum atomic E-state index is 0. The minimum Gasteiger partial charge on any atom is -0.493 e. The first-order chi connectivity index (χ1) is 11.5. The van der Waals surface area contributed by atoms with E-state index in [9.17, 15) is 0 Å². The van der Waals surface area contributed by atoms with Crippen LogP contribution in [0.15, 0.2) is 23.2 Å². The van der Waals surface area contributed by atoms with E-state index in [-0.39, 0.29) is 28.7 Å². The highest BCUT2D eigenvalue weighted by Gasteiger charge is 2.16. The highest BCUT2D eigenvalue weighted by molar-refractivity contribution is 14.0. The van der Waals surface area contributed by atoms with Gasteiger partial charge in [0.1, 0.15) is 0 Å². The number of ether oxygens (including phenoxy) is 2. The van der Waals surface area contributed by atoms with Gasteiger partial charge in [-0.05, 0) is 51.6 Å². The van der Waals surface area contributed by atoms with Crippen molar-refractivity contribution < 1.29 is 9.47 Å². The number of halogens is 1. The maximum Gasteiger partial charge on any atom is 0.191 e. The molecule has 0 amide bonds. The Labute approximate surface area is 173 Å². The molecule has 0 aliphatic rings. The molecule has 0 aliphatic heterocycles. The number of hydrogen-bond donors (Lipinski definition) is 2. The Morgan fingerprint density at radius 1 is 1.20 bits per heavy atom. The molecule has 7 heteroatoms. The van der Waals surface area contributed by atoms with Gasteiger partial charge in [-0.2, -0.15) is 11.8 Å². The number of nitrogens with one attached hydrogen (secondary N) is 2. The van der Waals surface area contributed by atoms with E-state index in [4.69, 9.17) is 9.47 Å². The van der Waals surface area contributed by atoms with Gasteiger partial charge in [-0.3, -0.25) is 0 Å². The molecule has 0 saturated heterocycles. The summed E-state index contributed by atoms with van der Waals surface area (Å²) < 4.78 is 11.1. The third kappa shape index (κ3) is 8.89. The molecule has 1 aromatic carbocycles. The Hall–Kier alpha value is -0.830. The topological polar surface area (TPSA) is 54.9 Å². The second-order valence-corrected chi connectivity index (χ2v) is 7.44. The molecule has 0 unspecified atom stereocenters. The molecule has 0 spiro atoms. The Bertz CT molecular complexity index is 539. The van der Waals surface area contributed by atoms with Crippen molar-refractivity contribution in [3.63, 3.8) is 0 Å². The summed E-state index contributed by atoms with van der Waals surface area (Å²) in [7, 11) is 1.65. The zero-order valence-electron chi connectivity index (χ0n) is 16.1. The smallest absolute Gasteiger partial charge is 0.191 e. The van der Waals surface area contributed by atoms with E-state index in [1.807, 2.05) is 36.9 Å². The van der Waals surface area contributed by atoms with Gasteiger partial charge in [-0.25, -0.2) is 4.99 Å². The van der Waals surface area contributed by atoms with Gasteiger partial charge in [0.25, 0.3) is 0 Å². The van der Waals surface area contributed by atoms with Crippen LogP contribution in [-0.4, -0.2) is 43.8 Å². The molecule has 144 valence electrons. The lowest BCUT2D eigenvalue weighted by Crippen LogP contribution is -2.43. The number of methoxy groups -OCH3 is 1. The van der Waals surface area contributed by atoms with Crippen LogP contribution >= 0.6 is 35.7 Å². The van der Waals surface area contributed by atoms with Crippen molar-refractivity contribution in [3.05, 3.63) is 23.8 Å². The summed E-state index contributed by atoms with van der Waals surface area (Å²) in [6.45, 7) is 11.3. The Balaban J connectivity index is 0.00000576. The van der Waals surface area contributed by atoms with Crippen LogP contribution in [0, 0.1) is 0 Å². The molecule has 0 heterocycles. The van der Waals surface area contributed by atoms with E-state index in [1.165, 1.54) is 0 Å². The van der Waals surface area contributed by atoms with E-state index >= 15 is 0 Å². The lowest BCUT2D eigenvalue weighted by atomic mass is 10.2. The van der Waals surface area contributed by atoms with Crippen molar-refractivity contribution in [2.24, 2.45) is 4.99 Å². The standard InChI is InChI=1S/C18H31N3O2S.HI/c1-7-19-17(21-13-18(3,4)24-6)20-12-14-9-10-15(23-8-2)16(11-14)22-5;/h9-11H,7-8,12-13H2,1-6H3,(H2,19,20,21);1H. The molecule has 25 heavy (non-hydrogen) atoms. The van der Waals surface area contributed by atoms with E-state index in [0.717, 1.165) is 36.1 Å². The van der Waals surface area contributed by atoms with Gasteiger partial charge in [0.05, 0.1) is 20.3 Å². The molecular formula is C18H32IN3O2S. The summed E-state index contributed by atoms with van der Waals surface area (Å²) in [6.07, 6.45) is 2.12. The predicted octanol–water partition coefficient (Wildman–Crippen LogP) is 3.91. The summed E-state index contributed by atoms with van der Waals surface area (Å²) in [5.74, 6) is 2.33. The number of guanidine groups is 1. The molecule has 0 aliphatic carbocycles. The number of thioether (sulfide) groups is 1. The van der Waals surface area contributed by atoms with Crippen LogP contribution in [0.2, 0.25) is 0 Å². The number of aliphatic imine (C=N–C) groups is 1. The SMILES string of the molecule is CCNC(=NCc1ccc(OCC)c(OC)c1)NCC(C)(C)SC.I. The third-order valence-electron chi connectivity index (χ3n) is 3.53. The maximum absolute atomic E-state index is 5.55. The number of benzene rings is 1. The molecule has 0 saturated carbocycles. The summed E-state index contributed by atoms with van der Waals surface area (Å²) >= 11 is 1.84. The van der Waals surface area contributed by atoms with Gasteiger partial charge < -0.3 is 20.1 Å². The lowest BCUT2D eigenvalue weighted by molar-refractivity contribution is 0.310. The number of rotatable bonds is 9. The second kappa shape index (κ2) is 12.5. The van der Waals surface area contributed by atoms with Gasteiger partial charge in [-0.15, -0.1) is 24.0 Å². The Morgan fingerprint density at radius 2 is 1.92 bits per heavy atom. The van der Waals surface area contributed by atoms with E-state index in [0.29, 0.717) is 13.2 Å². The van der Waals surface area contributed by atoms with Crippen LogP contribution in [0.5, 0.6) is 11.5 Å². The van der Waals surface area contributed by atoms with Crippen LogP contribution in [-0.2, 0) is 6.54 Å². The minimum absolute atomic E-state index is 0.